The van der Waals surface area contributed by atoms with Crippen LogP contribution in [0.2, 0.25) is 0 Å². The van der Waals surface area contributed by atoms with Crippen LogP contribution in [0.4, 0.5) is 5.69 Å². The Kier molecular flexibility index (Phi) is 4.36. The molecule has 0 aliphatic carbocycles. The molecule has 3 N–H and O–H groups in total. The quantitative estimate of drug-likeness (QED) is 0.819. The van der Waals surface area contributed by atoms with Crippen molar-refractivity contribution in [3.8, 4) is 0 Å². The molecule has 0 unspecified atom stereocenters. The van der Waals surface area contributed by atoms with Crippen LogP contribution in [0, 0.1) is 6.92 Å². The van der Waals surface area contributed by atoms with Gasteiger partial charge in [0.25, 0.3) is 0 Å². The summed E-state index contributed by atoms with van der Waals surface area (Å²) in [6.07, 6.45) is 3.36. The third kappa shape index (κ3) is 4.04. The van der Waals surface area contributed by atoms with E-state index in [-0.39, 0.29) is 12.3 Å². The molecule has 0 radical (unpaired) electrons. The van der Waals surface area contributed by atoms with Gasteiger partial charge in [-0.15, -0.1) is 0 Å². The second-order valence-corrected chi connectivity index (χ2v) is 6.43. The number of nitrogens with zero attached hydrogens (tertiary/aromatic N) is 1. The van der Waals surface area contributed by atoms with Gasteiger partial charge in [0.1, 0.15) is 0 Å². The van der Waals surface area contributed by atoms with Gasteiger partial charge in [0.15, 0.2) is 0 Å². The van der Waals surface area contributed by atoms with E-state index in [0.29, 0.717) is 11.3 Å². The van der Waals surface area contributed by atoms with Gasteiger partial charge in [-0.2, -0.15) is 0 Å². The summed E-state index contributed by atoms with van der Waals surface area (Å²) in [5.74, 6) is -0.0581. The van der Waals surface area contributed by atoms with Crippen molar-refractivity contribution >= 4 is 15.7 Å². The van der Waals surface area contributed by atoms with Gasteiger partial charge in [-0.25, -0.2) is 13.1 Å². The molecule has 2 aromatic rings. The standard InChI is InChI=1S/C14H17N3O2S/c1-11-8-16-7-6-13(11)9-17-20(18,19)10-12-2-4-14(15)5-3-12/h2-8,17H,9-10,15H2,1H3. The predicted octanol–water partition coefficient (Wildman–Crippen LogP) is 1.59. The summed E-state index contributed by atoms with van der Waals surface area (Å²) in [5, 5.41) is 0. The van der Waals surface area contributed by atoms with Gasteiger partial charge in [0.2, 0.25) is 10.0 Å². The molecule has 0 saturated carbocycles. The number of hydrogen-bond donors (Lipinski definition) is 2. The van der Waals surface area contributed by atoms with Crippen molar-refractivity contribution in [3.63, 3.8) is 0 Å². The molecule has 0 amide bonds. The Morgan fingerprint density at radius 3 is 2.55 bits per heavy atom. The highest BCUT2D eigenvalue weighted by Crippen LogP contribution is 2.10. The lowest BCUT2D eigenvalue weighted by atomic mass is 10.2. The van der Waals surface area contributed by atoms with Crippen molar-refractivity contribution in [2.75, 3.05) is 5.73 Å². The lowest BCUT2D eigenvalue weighted by molar-refractivity contribution is 0.580. The minimum atomic E-state index is -3.37. The number of benzene rings is 1. The first-order valence-corrected chi connectivity index (χ1v) is 7.83. The molecule has 0 spiro atoms. The molecule has 20 heavy (non-hydrogen) atoms. The average Bonchev–Trinajstić information content (AvgIpc) is 2.40. The number of aromatic nitrogens is 1. The number of anilines is 1. The summed E-state index contributed by atoms with van der Waals surface area (Å²) >= 11 is 0. The van der Waals surface area contributed by atoms with Gasteiger partial charge in [-0.05, 0) is 41.8 Å². The summed E-state index contributed by atoms with van der Waals surface area (Å²) in [5.41, 5.74) is 8.77. The maximum absolute atomic E-state index is 12.0. The van der Waals surface area contributed by atoms with Gasteiger partial charge in [-0.3, -0.25) is 4.98 Å². The third-order valence-corrected chi connectivity index (χ3v) is 4.25. The summed E-state index contributed by atoms with van der Waals surface area (Å²) in [6, 6.07) is 8.62. The summed E-state index contributed by atoms with van der Waals surface area (Å²) < 4.78 is 26.6. The molecule has 106 valence electrons. The van der Waals surface area contributed by atoms with E-state index in [9.17, 15) is 8.42 Å². The van der Waals surface area contributed by atoms with Crippen LogP contribution in [0.3, 0.4) is 0 Å². The van der Waals surface area contributed by atoms with Gasteiger partial charge in [0.05, 0.1) is 5.75 Å². The van der Waals surface area contributed by atoms with Crippen LogP contribution in [0.25, 0.3) is 0 Å². The summed E-state index contributed by atoms with van der Waals surface area (Å²) in [4.78, 5) is 3.98. The van der Waals surface area contributed by atoms with Crippen LogP contribution in [0.5, 0.6) is 0 Å². The molecular formula is C14H17N3O2S. The molecule has 0 atom stereocenters. The molecule has 1 aromatic carbocycles. The molecule has 1 aromatic heterocycles. The van der Waals surface area contributed by atoms with E-state index in [0.717, 1.165) is 11.1 Å². The van der Waals surface area contributed by atoms with Crippen molar-refractivity contribution in [3.05, 3.63) is 59.4 Å². The predicted molar refractivity (Wildman–Crippen MR) is 79.3 cm³/mol. The van der Waals surface area contributed by atoms with Gasteiger partial charge >= 0.3 is 0 Å². The lowest BCUT2D eigenvalue weighted by Gasteiger charge is -2.08. The van der Waals surface area contributed by atoms with Crippen molar-refractivity contribution in [2.24, 2.45) is 0 Å². The fraction of sp³-hybridized carbons (Fsp3) is 0.214. The first kappa shape index (κ1) is 14.5. The van der Waals surface area contributed by atoms with Crippen molar-refractivity contribution in [1.82, 2.24) is 9.71 Å². The second kappa shape index (κ2) is 6.02. The van der Waals surface area contributed by atoms with E-state index in [1.807, 2.05) is 6.92 Å². The highest BCUT2D eigenvalue weighted by atomic mass is 32.2. The minimum Gasteiger partial charge on any atom is -0.399 e. The number of nitrogens with two attached hydrogens (primary N) is 1. The van der Waals surface area contributed by atoms with Crippen LogP contribution in [0.15, 0.2) is 42.7 Å². The minimum absolute atomic E-state index is 0.0581. The molecule has 2 rings (SSSR count). The van der Waals surface area contributed by atoms with E-state index < -0.39 is 10.0 Å². The molecule has 0 bridgehead atoms. The Bertz CT molecular complexity index is 682. The highest BCUT2D eigenvalue weighted by Gasteiger charge is 2.11. The Balaban J connectivity index is 2.01. The SMILES string of the molecule is Cc1cnccc1CNS(=O)(=O)Cc1ccc(N)cc1. The third-order valence-electron chi connectivity index (χ3n) is 2.96. The molecule has 1 heterocycles. The number of hydrogen-bond acceptors (Lipinski definition) is 4. The van der Waals surface area contributed by atoms with Crippen LogP contribution < -0.4 is 10.5 Å². The largest absolute Gasteiger partial charge is 0.399 e. The highest BCUT2D eigenvalue weighted by molar-refractivity contribution is 7.88. The summed E-state index contributed by atoms with van der Waals surface area (Å²) in [7, 11) is -3.37. The van der Waals surface area contributed by atoms with E-state index in [4.69, 9.17) is 5.73 Å². The topological polar surface area (TPSA) is 85.1 Å². The number of nitrogen functional groups attached to an aromatic ring is 1. The molecule has 0 aliphatic rings. The fourth-order valence-corrected chi connectivity index (χ4v) is 2.88. The molecule has 6 heteroatoms. The van der Waals surface area contributed by atoms with E-state index in [1.54, 1.807) is 42.7 Å². The van der Waals surface area contributed by atoms with Crippen LogP contribution in [0.1, 0.15) is 16.7 Å². The smallest absolute Gasteiger partial charge is 0.216 e. The Morgan fingerprint density at radius 2 is 1.90 bits per heavy atom. The zero-order chi connectivity index (χ0) is 14.6. The van der Waals surface area contributed by atoms with Crippen molar-refractivity contribution in [1.29, 1.82) is 0 Å². The number of nitrogens with one attached hydrogen (secondary N) is 1. The molecule has 0 fully saturated rings. The normalized spacial score (nSPS) is 11.4. The Hall–Kier alpha value is -1.92. The van der Waals surface area contributed by atoms with E-state index in [1.165, 1.54) is 0 Å². The lowest BCUT2D eigenvalue weighted by Crippen LogP contribution is -2.25. The molecule has 5 nitrogen and oxygen atoms in total. The molecular weight excluding hydrogens is 274 g/mol. The summed E-state index contributed by atoms with van der Waals surface area (Å²) in [6.45, 7) is 2.17. The number of pyridine rings is 1. The molecule has 0 saturated heterocycles. The monoisotopic (exact) mass is 291 g/mol. The average molecular weight is 291 g/mol. The number of rotatable bonds is 5. The van der Waals surface area contributed by atoms with Crippen molar-refractivity contribution < 1.29 is 8.42 Å². The first-order valence-electron chi connectivity index (χ1n) is 6.17. The Labute approximate surface area is 118 Å². The number of aryl methyl sites for hydroxylation is 1. The Morgan fingerprint density at radius 1 is 1.20 bits per heavy atom. The van der Waals surface area contributed by atoms with E-state index in [2.05, 4.69) is 9.71 Å². The van der Waals surface area contributed by atoms with Crippen LogP contribution in [-0.2, 0) is 22.3 Å². The van der Waals surface area contributed by atoms with Crippen LogP contribution >= 0.6 is 0 Å². The maximum Gasteiger partial charge on any atom is 0.216 e. The first-order chi connectivity index (χ1) is 9.46. The fourth-order valence-electron chi connectivity index (χ4n) is 1.77. The van der Waals surface area contributed by atoms with E-state index >= 15 is 0 Å². The number of sulfonamides is 1. The van der Waals surface area contributed by atoms with Gasteiger partial charge in [0, 0.05) is 24.6 Å². The van der Waals surface area contributed by atoms with Gasteiger partial charge in [-0.1, -0.05) is 12.1 Å². The maximum atomic E-state index is 12.0. The van der Waals surface area contributed by atoms with Crippen molar-refractivity contribution in [2.45, 2.75) is 19.2 Å². The second-order valence-electron chi connectivity index (χ2n) is 4.62. The van der Waals surface area contributed by atoms with Crippen LogP contribution in [-0.4, -0.2) is 13.4 Å². The zero-order valence-electron chi connectivity index (χ0n) is 11.2. The zero-order valence-corrected chi connectivity index (χ0v) is 12.0. The molecule has 0 aliphatic heterocycles. The van der Waals surface area contributed by atoms with Gasteiger partial charge < -0.3 is 5.73 Å².